The molecular weight excluding hydrogens is 246 g/mol. The lowest BCUT2D eigenvalue weighted by atomic mass is 9.74. The van der Waals surface area contributed by atoms with E-state index in [0.717, 1.165) is 13.0 Å². The second kappa shape index (κ2) is 8.38. The summed E-state index contributed by atoms with van der Waals surface area (Å²) in [6.45, 7) is 16.9. The molecule has 2 heteroatoms. The lowest BCUT2D eigenvalue weighted by Gasteiger charge is -2.38. The lowest BCUT2D eigenvalue weighted by molar-refractivity contribution is 0.00113. The normalized spacial score (nSPS) is 16.2. The molecule has 0 radical (unpaired) electrons. The zero-order valence-corrected chi connectivity index (χ0v) is 15.4. The summed E-state index contributed by atoms with van der Waals surface area (Å²) in [5, 5.41) is 3.74. The Labute approximate surface area is 128 Å². The van der Waals surface area contributed by atoms with Crippen molar-refractivity contribution >= 4 is 0 Å². The van der Waals surface area contributed by atoms with Crippen LogP contribution in [-0.4, -0.2) is 24.8 Å². The van der Waals surface area contributed by atoms with E-state index in [9.17, 15) is 0 Å². The first-order valence-electron chi connectivity index (χ1n) is 8.40. The monoisotopic (exact) mass is 285 g/mol. The Hall–Kier alpha value is -0.0800. The summed E-state index contributed by atoms with van der Waals surface area (Å²) < 4.78 is 5.61. The van der Waals surface area contributed by atoms with Crippen LogP contribution in [0.1, 0.15) is 87.0 Å². The molecule has 0 spiro atoms. The van der Waals surface area contributed by atoms with Crippen LogP contribution >= 0.6 is 0 Å². The number of methoxy groups -OCH3 is 1. The van der Waals surface area contributed by atoms with Gasteiger partial charge in [-0.15, -0.1) is 0 Å². The van der Waals surface area contributed by atoms with Gasteiger partial charge in [-0.2, -0.15) is 0 Å². The fourth-order valence-electron chi connectivity index (χ4n) is 2.45. The van der Waals surface area contributed by atoms with Crippen LogP contribution in [0.25, 0.3) is 0 Å². The summed E-state index contributed by atoms with van der Waals surface area (Å²) in [7, 11) is 1.83. The molecule has 0 aliphatic heterocycles. The third-order valence-electron chi connectivity index (χ3n) is 4.61. The van der Waals surface area contributed by atoms with Crippen LogP contribution in [0.2, 0.25) is 0 Å². The van der Waals surface area contributed by atoms with Gasteiger partial charge >= 0.3 is 0 Å². The average Bonchev–Trinajstić information content (AvgIpc) is 2.37. The molecule has 0 fully saturated rings. The van der Waals surface area contributed by atoms with Gasteiger partial charge in [-0.1, -0.05) is 26.7 Å². The van der Waals surface area contributed by atoms with E-state index in [4.69, 9.17) is 4.74 Å². The predicted octanol–water partition coefficient (Wildman–Crippen LogP) is 5.17. The molecule has 0 aromatic carbocycles. The Kier molecular flexibility index (Phi) is 8.35. The van der Waals surface area contributed by atoms with Crippen LogP contribution in [-0.2, 0) is 4.74 Å². The molecule has 0 aliphatic carbocycles. The zero-order valence-electron chi connectivity index (χ0n) is 15.4. The molecule has 0 bridgehead atoms. The van der Waals surface area contributed by atoms with Crippen molar-refractivity contribution in [1.29, 1.82) is 0 Å². The first-order valence-corrected chi connectivity index (χ1v) is 8.40. The first-order chi connectivity index (χ1) is 9.10. The topological polar surface area (TPSA) is 21.3 Å². The number of nitrogens with one attached hydrogen (secondary N) is 1. The minimum Gasteiger partial charge on any atom is -0.379 e. The molecule has 0 amide bonds. The van der Waals surface area contributed by atoms with Gasteiger partial charge in [0.25, 0.3) is 0 Å². The van der Waals surface area contributed by atoms with Crippen LogP contribution < -0.4 is 5.32 Å². The average molecular weight is 286 g/mol. The van der Waals surface area contributed by atoms with Gasteiger partial charge in [0.15, 0.2) is 0 Å². The maximum absolute atomic E-state index is 5.61. The standard InChI is InChI=1S/C18H39NO/c1-9-11-12-18(10-2,15-19-16(3,4)5)14-13-17(6,7)20-8/h19H,9-15H2,1-8H3. The molecule has 20 heavy (non-hydrogen) atoms. The van der Waals surface area contributed by atoms with Crippen LogP contribution in [0, 0.1) is 5.41 Å². The van der Waals surface area contributed by atoms with Crippen molar-refractivity contribution < 1.29 is 4.74 Å². The van der Waals surface area contributed by atoms with Gasteiger partial charge in [-0.25, -0.2) is 0 Å². The van der Waals surface area contributed by atoms with Crippen molar-refractivity contribution in [1.82, 2.24) is 5.32 Å². The Morgan fingerprint density at radius 3 is 1.90 bits per heavy atom. The van der Waals surface area contributed by atoms with Gasteiger partial charge in [0.2, 0.25) is 0 Å². The van der Waals surface area contributed by atoms with E-state index < -0.39 is 0 Å². The van der Waals surface area contributed by atoms with Crippen LogP contribution in [0.4, 0.5) is 0 Å². The van der Waals surface area contributed by atoms with E-state index in [2.05, 4.69) is 53.8 Å². The van der Waals surface area contributed by atoms with Crippen molar-refractivity contribution in [3.05, 3.63) is 0 Å². The summed E-state index contributed by atoms with van der Waals surface area (Å²) in [6, 6.07) is 0. The quantitative estimate of drug-likeness (QED) is 0.598. The van der Waals surface area contributed by atoms with E-state index in [-0.39, 0.29) is 11.1 Å². The van der Waals surface area contributed by atoms with Gasteiger partial charge < -0.3 is 10.1 Å². The third kappa shape index (κ3) is 8.26. The summed E-state index contributed by atoms with van der Waals surface area (Å²) in [6.07, 6.45) is 7.55. The highest BCUT2D eigenvalue weighted by Crippen LogP contribution is 2.36. The summed E-state index contributed by atoms with van der Waals surface area (Å²) in [4.78, 5) is 0. The van der Waals surface area contributed by atoms with E-state index in [0.29, 0.717) is 5.41 Å². The molecule has 0 rings (SSSR count). The van der Waals surface area contributed by atoms with Gasteiger partial charge in [0.05, 0.1) is 5.60 Å². The van der Waals surface area contributed by atoms with Crippen LogP contribution in [0.5, 0.6) is 0 Å². The first kappa shape index (κ1) is 19.9. The maximum Gasteiger partial charge on any atom is 0.0623 e. The largest absolute Gasteiger partial charge is 0.379 e. The van der Waals surface area contributed by atoms with E-state index in [1.807, 2.05) is 7.11 Å². The highest BCUT2D eigenvalue weighted by Gasteiger charge is 2.31. The Bertz CT molecular complexity index is 255. The summed E-state index contributed by atoms with van der Waals surface area (Å²) in [5.41, 5.74) is 0.608. The highest BCUT2D eigenvalue weighted by molar-refractivity contribution is 4.86. The molecule has 0 aromatic rings. The van der Waals surface area contributed by atoms with E-state index >= 15 is 0 Å². The molecule has 0 heterocycles. The Morgan fingerprint density at radius 2 is 1.50 bits per heavy atom. The Balaban J connectivity index is 4.74. The molecule has 2 nitrogen and oxygen atoms in total. The summed E-state index contributed by atoms with van der Waals surface area (Å²) >= 11 is 0. The van der Waals surface area contributed by atoms with Gasteiger partial charge in [-0.3, -0.25) is 0 Å². The number of unbranched alkanes of at least 4 members (excludes halogenated alkanes) is 1. The van der Waals surface area contributed by atoms with Crippen molar-refractivity contribution in [2.24, 2.45) is 5.41 Å². The molecule has 0 saturated carbocycles. The fourth-order valence-corrected chi connectivity index (χ4v) is 2.45. The molecule has 1 atom stereocenters. The molecular formula is C18H39NO. The number of ether oxygens (including phenoxy) is 1. The van der Waals surface area contributed by atoms with Crippen LogP contribution in [0.15, 0.2) is 0 Å². The SMILES string of the molecule is CCCCC(CC)(CCC(C)(C)OC)CNC(C)(C)C. The maximum atomic E-state index is 5.61. The smallest absolute Gasteiger partial charge is 0.0623 e. The molecule has 0 aliphatic rings. The third-order valence-corrected chi connectivity index (χ3v) is 4.61. The van der Waals surface area contributed by atoms with Gasteiger partial charge in [-0.05, 0) is 65.7 Å². The Morgan fingerprint density at radius 1 is 0.900 bits per heavy atom. The van der Waals surface area contributed by atoms with Gasteiger partial charge in [0.1, 0.15) is 0 Å². The summed E-state index contributed by atoms with van der Waals surface area (Å²) in [5.74, 6) is 0. The van der Waals surface area contributed by atoms with Crippen LogP contribution in [0.3, 0.4) is 0 Å². The number of hydrogen-bond acceptors (Lipinski definition) is 2. The molecule has 1 N–H and O–H groups in total. The molecule has 0 saturated heterocycles. The van der Waals surface area contributed by atoms with Gasteiger partial charge in [0, 0.05) is 19.2 Å². The molecule has 122 valence electrons. The lowest BCUT2D eigenvalue weighted by Crippen LogP contribution is -2.44. The van der Waals surface area contributed by atoms with Crippen molar-refractivity contribution in [3.8, 4) is 0 Å². The van der Waals surface area contributed by atoms with Crippen molar-refractivity contribution in [2.45, 2.75) is 98.1 Å². The van der Waals surface area contributed by atoms with Crippen molar-refractivity contribution in [3.63, 3.8) is 0 Å². The van der Waals surface area contributed by atoms with E-state index in [1.165, 1.54) is 32.1 Å². The molecule has 1 unspecified atom stereocenters. The number of hydrogen-bond donors (Lipinski definition) is 1. The van der Waals surface area contributed by atoms with Crippen molar-refractivity contribution in [2.75, 3.05) is 13.7 Å². The highest BCUT2D eigenvalue weighted by atomic mass is 16.5. The van der Waals surface area contributed by atoms with E-state index in [1.54, 1.807) is 0 Å². The molecule has 0 aromatic heterocycles. The fraction of sp³-hybridized carbons (Fsp3) is 1.00. The second-order valence-electron chi connectivity index (χ2n) is 8.02. The zero-order chi connectivity index (χ0) is 15.9. The minimum absolute atomic E-state index is 0.00559. The second-order valence-corrected chi connectivity index (χ2v) is 8.02. The number of rotatable bonds is 10. The minimum atomic E-state index is -0.00559. The predicted molar refractivity (Wildman–Crippen MR) is 90.3 cm³/mol.